The van der Waals surface area contributed by atoms with Gasteiger partial charge in [0.2, 0.25) is 0 Å². The van der Waals surface area contributed by atoms with E-state index in [1.807, 2.05) is 0 Å². The van der Waals surface area contributed by atoms with E-state index in [9.17, 15) is 13.2 Å². The third kappa shape index (κ3) is 4.30. The summed E-state index contributed by atoms with van der Waals surface area (Å²) in [5, 5.41) is 3.19. The topological polar surface area (TPSA) is 66.5 Å². The number of rotatable bonds is 5. The molecule has 28 heavy (non-hydrogen) atoms. The molecule has 0 spiro atoms. The van der Waals surface area contributed by atoms with Crippen molar-refractivity contribution in [3.63, 3.8) is 0 Å². The highest BCUT2D eigenvalue weighted by molar-refractivity contribution is 7.93. The van der Waals surface area contributed by atoms with Crippen LogP contribution in [0.15, 0.2) is 77.7 Å². The number of hydrogen-bond acceptors (Lipinski definition) is 3. The van der Waals surface area contributed by atoms with Crippen LogP contribution < -0.4 is 9.62 Å². The lowest BCUT2D eigenvalue weighted by Crippen LogP contribution is -2.27. The number of nitrogens with zero attached hydrogens (tertiary/aromatic N) is 1. The molecule has 0 fully saturated rings. The van der Waals surface area contributed by atoms with Gasteiger partial charge in [0.25, 0.3) is 15.9 Å². The predicted octanol–water partition coefficient (Wildman–Crippen LogP) is 5.07. The van der Waals surface area contributed by atoms with Crippen LogP contribution >= 0.6 is 23.2 Å². The van der Waals surface area contributed by atoms with Crippen LogP contribution in [-0.2, 0) is 10.0 Å². The van der Waals surface area contributed by atoms with Crippen molar-refractivity contribution in [3.8, 4) is 0 Å². The minimum absolute atomic E-state index is 0.0297. The Morgan fingerprint density at radius 1 is 0.929 bits per heavy atom. The summed E-state index contributed by atoms with van der Waals surface area (Å²) in [5.41, 5.74) is 1.13. The number of carbonyl (C=O) groups excluding carboxylic acids is 1. The molecule has 0 aliphatic rings. The van der Waals surface area contributed by atoms with Crippen LogP contribution in [0.4, 0.5) is 11.4 Å². The lowest BCUT2D eigenvalue weighted by molar-refractivity contribution is 0.102. The molecule has 0 aromatic heterocycles. The van der Waals surface area contributed by atoms with Gasteiger partial charge in [0, 0.05) is 23.3 Å². The zero-order valence-electron chi connectivity index (χ0n) is 14.8. The maximum Gasteiger partial charge on any atom is 0.265 e. The Bertz CT molecular complexity index is 1120. The molecule has 0 unspecified atom stereocenters. The fourth-order valence-electron chi connectivity index (χ4n) is 2.54. The van der Waals surface area contributed by atoms with Gasteiger partial charge in [-0.3, -0.25) is 9.10 Å². The number of benzene rings is 3. The van der Waals surface area contributed by atoms with Crippen LogP contribution in [0.25, 0.3) is 0 Å². The zero-order chi connectivity index (χ0) is 20.3. The van der Waals surface area contributed by atoms with Crippen molar-refractivity contribution in [2.75, 3.05) is 16.7 Å². The molecule has 0 heterocycles. The predicted molar refractivity (Wildman–Crippen MR) is 113 cm³/mol. The van der Waals surface area contributed by atoms with Crippen molar-refractivity contribution >= 4 is 50.5 Å². The molecule has 144 valence electrons. The molecule has 5 nitrogen and oxygen atoms in total. The van der Waals surface area contributed by atoms with Crippen LogP contribution in [0, 0.1) is 0 Å². The number of anilines is 2. The van der Waals surface area contributed by atoms with Gasteiger partial charge >= 0.3 is 0 Å². The van der Waals surface area contributed by atoms with E-state index in [1.54, 1.807) is 54.6 Å². The van der Waals surface area contributed by atoms with Crippen molar-refractivity contribution in [2.24, 2.45) is 0 Å². The number of carbonyl (C=O) groups is 1. The Morgan fingerprint density at radius 2 is 1.64 bits per heavy atom. The number of sulfonamides is 1. The Hall–Kier alpha value is -2.54. The summed E-state index contributed by atoms with van der Waals surface area (Å²) in [7, 11) is -2.53. The molecule has 3 aromatic carbocycles. The average molecular weight is 435 g/mol. The monoisotopic (exact) mass is 434 g/mol. The first-order valence-corrected chi connectivity index (χ1v) is 10.4. The highest BCUT2D eigenvalue weighted by atomic mass is 35.5. The number of halogens is 2. The van der Waals surface area contributed by atoms with Gasteiger partial charge in [0.05, 0.1) is 10.7 Å². The van der Waals surface area contributed by atoms with Gasteiger partial charge in [-0.05, 0) is 48.5 Å². The van der Waals surface area contributed by atoms with E-state index in [0.29, 0.717) is 16.4 Å². The van der Waals surface area contributed by atoms with Gasteiger partial charge in [-0.1, -0.05) is 47.5 Å². The second-order valence-electron chi connectivity index (χ2n) is 5.92. The molecule has 0 saturated carbocycles. The van der Waals surface area contributed by atoms with E-state index < -0.39 is 15.9 Å². The van der Waals surface area contributed by atoms with Gasteiger partial charge in [0.15, 0.2) is 0 Å². The first-order chi connectivity index (χ1) is 13.3. The Balaban J connectivity index is 1.94. The van der Waals surface area contributed by atoms with Crippen LogP contribution in [0.1, 0.15) is 10.4 Å². The number of para-hydroxylation sites is 1. The van der Waals surface area contributed by atoms with Crippen molar-refractivity contribution in [1.29, 1.82) is 0 Å². The van der Waals surface area contributed by atoms with E-state index in [4.69, 9.17) is 23.2 Å². The molecule has 0 aliphatic heterocycles. The van der Waals surface area contributed by atoms with E-state index in [0.717, 1.165) is 4.31 Å². The van der Waals surface area contributed by atoms with Gasteiger partial charge in [-0.15, -0.1) is 0 Å². The molecule has 1 N–H and O–H groups in total. The first-order valence-electron chi connectivity index (χ1n) is 8.19. The highest BCUT2D eigenvalue weighted by Gasteiger charge is 2.25. The molecule has 0 radical (unpaired) electrons. The third-order valence-electron chi connectivity index (χ3n) is 4.03. The van der Waals surface area contributed by atoms with Gasteiger partial charge < -0.3 is 5.32 Å². The van der Waals surface area contributed by atoms with Crippen molar-refractivity contribution in [2.45, 2.75) is 4.90 Å². The summed E-state index contributed by atoms with van der Waals surface area (Å²) in [6, 6.07) is 19.4. The highest BCUT2D eigenvalue weighted by Crippen LogP contribution is 2.28. The van der Waals surface area contributed by atoms with E-state index in [2.05, 4.69) is 5.32 Å². The fourth-order valence-corrected chi connectivity index (χ4v) is 4.42. The molecule has 0 bridgehead atoms. The molecule has 3 aromatic rings. The summed E-state index contributed by atoms with van der Waals surface area (Å²) in [4.78, 5) is 12.4. The van der Waals surface area contributed by atoms with E-state index >= 15 is 0 Å². The molecule has 8 heteroatoms. The number of amides is 1. The van der Waals surface area contributed by atoms with Crippen LogP contribution in [-0.4, -0.2) is 21.4 Å². The normalized spacial score (nSPS) is 11.1. The minimum Gasteiger partial charge on any atom is -0.322 e. The van der Waals surface area contributed by atoms with Crippen molar-refractivity contribution < 1.29 is 13.2 Å². The molecule has 0 aliphatic carbocycles. The van der Waals surface area contributed by atoms with Crippen LogP contribution in [0.3, 0.4) is 0 Å². The molecule has 1 amide bonds. The number of nitrogens with one attached hydrogen (secondary N) is 1. The summed E-state index contributed by atoms with van der Waals surface area (Å²) in [6.07, 6.45) is 0. The molecular weight excluding hydrogens is 419 g/mol. The van der Waals surface area contributed by atoms with Crippen LogP contribution in [0.5, 0.6) is 0 Å². The quantitative estimate of drug-likeness (QED) is 0.609. The molecule has 0 atom stereocenters. The van der Waals surface area contributed by atoms with E-state index in [-0.39, 0.29) is 15.5 Å². The Kier molecular flexibility index (Phi) is 5.93. The van der Waals surface area contributed by atoms with Crippen molar-refractivity contribution in [1.82, 2.24) is 0 Å². The summed E-state index contributed by atoms with van der Waals surface area (Å²) in [5.74, 6) is -0.474. The maximum atomic E-state index is 13.0. The molecule has 0 saturated heterocycles. The second kappa shape index (κ2) is 8.22. The van der Waals surface area contributed by atoms with Crippen LogP contribution in [0.2, 0.25) is 10.0 Å². The third-order valence-corrected chi connectivity index (χ3v) is 6.54. The number of hydrogen-bond donors (Lipinski definition) is 1. The Labute approximate surface area is 173 Å². The molecular formula is C20H16Cl2N2O3S. The van der Waals surface area contributed by atoms with E-state index in [1.165, 1.54) is 25.2 Å². The summed E-state index contributed by atoms with van der Waals surface area (Å²) in [6.45, 7) is 0. The average Bonchev–Trinajstić information content (AvgIpc) is 2.68. The summed E-state index contributed by atoms with van der Waals surface area (Å²) < 4.78 is 27.2. The van der Waals surface area contributed by atoms with Gasteiger partial charge in [-0.2, -0.15) is 0 Å². The van der Waals surface area contributed by atoms with Gasteiger partial charge in [0.1, 0.15) is 4.90 Å². The standard InChI is InChI=1S/C20H16Cl2N2O3S/c1-24(17-8-3-2-4-9-17)28(26,27)19-12-14(10-11-18(19)22)20(25)23-16-7-5-6-15(21)13-16/h2-13H,1H3,(H,23,25). The van der Waals surface area contributed by atoms with Crippen molar-refractivity contribution in [3.05, 3.63) is 88.4 Å². The SMILES string of the molecule is CN(c1ccccc1)S(=O)(=O)c1cc(C(=O)Nc2cccc(Cl)c2)ccc1Cl. The second-order valence-corrected chi connectivity index (χ2v) is 8.70. The zero-order valence-corrected chi connectivity index (χ0v) is 17.1. The summed E-state index contributed by atoms with van der Waals surface area (Å²) >= 11 is 12.1. The Morgan fingerprint density at radius 3 is 2.32 bits per heavy atom. The largest absolute Gasteiger partial charge is 0.322 e. The van der Waals surface area contributed by atoms with Gasteiger partial charge in [-0.25, -0.2) is 8.42 Å². The fraction of sp³-hybridized carbons (Fsp3) is 0.0500. The minimum atomic E-state index is -3.96. The first kappa shape index (κ1) is 20.2. The molecule has 3 rings (SSSR count). The smallest absolute Gasteiger partial charge is 0.265 e. The lowest BCUT2D eigenvalue weighted by Gasteiger charge is -2.20. The maximum absolute atomic E-state index is 13.0. The lowest BCUT2D eigenvalue weighted by atomic mass is 10.2.